The van der Waals surface area contributed by atoms with Crippen molar-refractivity contribution >= 4 is 0 Å². The molecule has 0 bridgehead atoms. The maximum Gasteiger partial charge on any atom is 4.00 e. The minimum absolute atomic E-state index is 0. The second-order valence-electron chi connectivity index (χ2n) is 7.88. The summed E-state index contributed by atoms with van der Waals surface area (Å²) in [6, 6.07) is 34.3. The van der Waals surface area contributed by atoms with Crippen molar-refractivity contribution in [2.24, 2.45) is 0 Å². The second kappa shape index (κ2) is 16.9. The Bertz CT molecular complexity index is 866. The molecule has 0 heterocycles. The third kappa shape index (κ3) is 11.7. The van der Waals surface area contributed by atoms with Crippen LogP contribution >= 0.6 is 0 Å². The van der Waals surface area contributed by atoms with Crippen molar-refractivity contribution in [2.45, 2.75) is 39.0 Å². The maximum absolute atomic E-state index is 3.72. The first-order valence-corrected chi connectivity index (χ1v) is 11.5. The molecular weight excluding hydrogens is 432 g/mol. The van der Waals surface area contributed by atoms with Gasteiger partial charge in [-0.25, -0.2) is 6.07 Å². The molecule has 0 spiro atoms. The van der Waals surface area contributed by atoms with Gasteiger partial charge < -0.3 is 0 Å². The molecule has 0 amide bonds. The number of hydrogen-bond acceptors (Lipinski definition) is 0. The third-order valence-electron chi connectivity index (χ3n) is 5.29. The Balaban J connectivity index is 0.000000223. The van der Waals surface area contributed by atoms with Gasteiger partial charge in [0.05, 0.1) is 0 Å². The minimum atomic E-state index is 0. The average Bonchev–Trinajstić information content (AvgIpc) is 3.25. The van der Waals surface area contributed by atoms with Crippen LogP contribution in [0.3, 0.4) is 0 Å². The summed E-state index contributed by atoms with van der Waals surface area (Å²) in [6.07, 6.45) is 6.69. The van der Waals surface area contributed by atoms with Crippen LogP contribution in [0.25, 0.3) is 0 Å². The molecule has 0 saturated carbocycles. The summed E-state index contributed by atoms with van der Waals surface area (Å²) in [5.41, 5.74) is 8.12. The van der Waals surface area contributed by atoms with E-state index in [1.165, 1.54) is 32.1 Å². The van der Waals surface area contributed by atoms with Crippen LogP contribution in [0.15, 0.2) is 103 Å². The smallest absolute Gasteiger partial charge is 0.210 e. The number of hydrogen-bond donors (Lipinski definition) is 0. The molecule has 4 aromatic carbocycles. The van der Waals surface area contributed by atoms with E-state index in [0.29, 0.717) is 0 Å². The van der Waals surface area contributed by atoms with Crippen LogP contribution in [0.2, 0.25) is 0 Å². The van der Waals surface area contributed by atoms with Crippen molar-refractivity contribution < 1.29 is 21.7 Å². The van der Waals surface area contributed by atoms with Gasteiger partial charge in [0, 0.05) is 0 Å². The number of benzene rings is 3. The third-order valence-corrected chi connectivity index (χ3v) is 5.29. The van der Waals surface area contributed by atoms with E-state index >= 15 is 0 Å². The molecule has 1 aliphatic carbocycles. The number of fused-ring (bicyclic) bond motifs is 1. The first-order valence-electron chi connectivity index (χ1n) is 11.5. The maximum atomic E-state index is 3.72. The molecule has 5 rings (SSSR count). The van der Waals surface area contributed by atoms with Crippen LogP contribution in [-0.4, -0.2) is 0 Å². The topological polar surface area (TPSA) is 0 Å². The van der Waals surface area contributed by atoms with Gasteiger partial charge in [0.1, 0.15) is 0 Å². The molecule has 1 heteroatoms. The molecule has 1 aliphatic rings. The van der Waals surface area contributed by atoms with E-state index < -0.39 is 0 Å². The fourth-order valence-electron chi connectivity index (χ4n) is 3.55. The summed E-state index contributed by atoms with van der Waals surface area (Å²) < 4.78 is 0. The average molecular weight is 469 g/mol. The minimum Gasteiger partial charge on any atom is -0.210 e. The molecule has 4 aromatic rings. The summed E-state index contributed by atoms with van der Waals surface area (Å²) in [4.78, 5) is 0. The molecule has 0 nitrogen and oxygen atoms in total. The molecule has 0 saturated heterocycles. The standard InChI is InChI=1S/C11H15.3C7H7.Ti/c1-2-9-7-8-10-5-3-4-6-11(9)10;3*1-7-5-3-2-4-6-7;/h7-8H,2-6H2,1H3;3*2-6H,1H2;/q4*-1;+4. The quantitative estimate of drug-likeness (QED) is 0.194. The fraction of sp³-hybridized carbons (Fsp3) is 0.188. The van der Waals surface area contributed by atoms with Gasteiger partial charge in [0.2, 0.25) is 0 Å². The van der Waals surface area contributed by atoms with Gasteiger partial charge in [0.15, 0.2) is 0 Å². The molecule has 0 atom stereocenters. The SMILES string of the molecule is CC[c-]1ccc2c1CCCC2.[CH2-]c1ccccc1.[CH2-]c1ccccc1.[CH2-]c1ccccc1.[Ti+4]. The summed E-state index contributed by atoms with van der Waals surface area (Å²) in [6.45, 7) is 13.4. The van der Waals surface area contributed by atoms with E-state index in [-0.39, 0.29) is 21.7 Å². The Morgan fingerprint density at radius 3 is 1.33 bits per heavy atom. The number of aryl methyl sites for hydroxylation is 2. The zero-order valence-corrected chi connectivity index (χ0v) is 21.5. The largest absolute Gasteiger partial charge is 4.00 e. The van der Waals surface area contributed by atoms with Crippen molar-refractivity contribution in [3.8, 4) is 0 Å². The Morgan fingerprint density at radius 1 is 0.606 bits per heavy atom. The van der Waals surface area contributed by atoms with Crippen LogP contribution in [0.1, 0.15) is 53.1 Å². The van der Waals surface area contributed by atoms with Crippen LogP contribution < -0.4 is 0 Å². The fourth-order valence-corrected chi connectivity index (χ4v) is 3.55. The van der Waals surface area contributed by atoms with Crippen molar-refractivity contribution in [3.63, 3.8) is 0 Å². The van der Waals surface area contributed by atoms with Crippen molar-refractivity contribution in [1.82, 2.24) is 0 Å². The molecular formula is C32H36Ti. The first kappa shape index (κ1) is 28.4. The van der Waals surface area contributed by atoms with Gasteiger partial charge in [-0.1, -0.05) is 57.2 Å². The summed E-state index contributed by atoms with van der Waals surface area (Å²) in [5, 5.41) is 0. The van der Waals surface area contributed by atoms with Crippen LogP contribution in [0, 0.1) is 20.8 Å². The molecule has 0 unspecified atom stereocenters. The van der Waals surface area contributed by atoms with Crippen molar-refractivity contribution in [3.05, 3.63) is 157 Å². The molecule has 0 radical (unpaired) electrons. The Morgan fingerprint density at radius 2 is 1.00 bits per heavy atom. The van der Waals surface area contributed by atoms with E-state index in [4.69, 9.17) is 0 Å². The predicted molar refractivity (Wildman–Crippen MR) is 141 cm³/mol. The summed E-state index contributed by atoms with van der Waals surface area (Å²) in [5.74, 6) is 0. The van der Waals surface area contributed by atoms with E-state index in [1.807, 2.05) is 91.0 Å². The molecule has 0 aliphatic heterocycles. The van der Waals surface area contributed by atoms with Gasteiger partial charge in [-0.05, 0) is 0 Å². The van der Waals surface area contributed by atoms with E-state index in [1.54, 1.807) is 16.7 Å². The zero-order valence-electron chi connectivity index (χ0n) is 20.0. The normalized spacial score (nSPS) is 10.9. The zero-order chi connectivity index (χ0) is 23.0. The monoisotopic (exact) mass is 468 g/mol. The molecule has 33 heavy (non-hydrogen) atoms. The predicted octanol–water partition coefficient (Wildman–Crippen LogP) is 8.45. The first-order chi connectivity index (χ1) is 15.6. The molecule has 0 aromatic heterocycles. The van der Waals surface area contributed by atoms with Crippen LogP contribution in [-0.2, 0) is 41.0 Å². The second-order valence-corrected chi connectivity index (χ2v) is 7.88. The van der Waals surface area contributed by atoms with Gasteiger partial charge in [-0.3, -0.25) is 0 Å². The van der Waals surface area contributed by atoms with Crippen molar-refractivity contribution in [2.75, 3.05) is 0 Å². The van der Waals surface area contributed by atoms with Crippen LogP contribution in [0.5, 0.6) is 0 Å². The Kier molecular flexibility index (Phi) is 14.5. The number of rotatable bonds is 1. The Labute approximate surface area is 217 Å². The van der Waals surface area contributed by atoms with Gasteiger partial charge >= 0.3 is 21.7 Å². The van der Waals surface area contributed by atoms with E-state index in [0.717, 1.165) is 16.7 Å². The van der Waals surface area contributed by atoms with E-state index in [2.05, 4.69) is 39.8 Å². The summed E-state index contributed by atoms with van der Waals surface area (Å²) >= 11 is 0. The van der Waals surface area contributed by atoms with Gasteiger partial charge in [-0.15, -0.1) is 36.4 Å². The molecule has 0 fully saturated rings. The van der Waals surface area contributed by atoms with Gasteiger partial charge in [-0.2, -0.15) is 96.6 Å². The molecule has 0 N–H and O–H groups in total. The Hall–Kier alpha value is -2.67. The van der Waals surface area contributed by atoms with E-state index in [9.17, 15) is 0 Å². The van der Waals surface area contributed by atoms with Crippen molar-refractivity contribution in [1.29, 1.82) is 0 Å². The molecule has 168 valence electrons. The van der Waals surface area contributed by atoms with Gasteiger partial charge in [0.25, 0.3) is 0 Å². The van der Waals surface area contributed by atoms with Crippen LogP contribution in [0.4, 0.5) is 0 Å². The summed E-state index contributed by atoms with van der Waals surface area (Å²) in [7, 11) is 0.